The van der Waals surface area contributed by atoms with Gasteiger partial charge in [0.05, 0.1) is 6.61 Å². The predicted molar refractivity (Wildman–Crippen MR) is 407 cm³/mol. The van der Waals surface area contributed by atoms with E-state index in [9.17, 15) is 14.7 Å². The molecule has 5 heteroatoms. The van der Waals surface area contributed by atoms with E-state index in [1.54, 1.807) is 0 Å². The van der Waals surface area contributed by atoms with Crippen LogP contribution in [0.25, 0.3) is 0 Å². The van der Waals surface area contributed by atoms with Gasteiger partial charge in [0.15, 0.2) is 6.10 Å². The van der Waals surface area contributed by atoms with Crippen LogP contribution in [-0.2, 0) is 19.1 Å². The number of carbonyl (C=O) groups excluding carboxylic acids is 2. The largest absolute Gasteiger partial charge is 0.462 e. The summed E-state index contributed by atoms with van der Waals surface area (Å²) < 4.78 is 10.7. The first kappa shape index (κ1) is 85.4. The molecule has 5 nitrogen and oxygen atoms in total. The smallest absolute Gasteiger partial charge is 0.306 e. The number of allylic oxidation sites excluding steroid dienone is 42. The molecule has 0 fully saturated rings. The van der Waals surface area contributed by atoms with Crippen molar-refractivity contribution in [2.24, 2.45) is 0 Å². The van der Waals surface area contributed by atoms with E-state index >= 15 is 0 Å². The molecule has 0 bridgehead atoms. The summed E-state index contributed by atoms with van der Waals surface area (Å²) in [4.78, 5) is 24.7. The second-order valence-corrected chi connectivity index (χ2v) is 22.8. The first-order chi connectivity index (χ1) is 45.6. The molecule has 0 aliphatic heterocycles. The zero-order valence-corrected chi connectivity index (χ0v) is 58.2. The number of aliphatic hydroxyl groups is 1. The van der Waals surface area contributed by atoms with Gasteiger partial charge in [0.25, 0.3) is 0 Å². The lowest BCUT2D eigenvalue weighted by molar-refractivity contribution is -0.161. The molecule has 0 spiro atoms. The predicted octanol–water partition coefficient (Wildman–Crippen LogP) is 26.0. The molecule has 0 aromatic heterocycles. The third-order valence-electron chi connectivity index (χ3n) is 14.3. The minimum Gasteiger partial charge on any atom is -0.462 e. The summed E-state index contributed by atoms with van der Waals surface area (Å²) in [6, 6.07) is 0. The maximum Gasteiger partial charge on any atom is 0.306 e. The molecule has 0 saturated carbocycles. The van der Waals surface area contributed by atoms with E-state index in [0.717, 1.165) is 186 Å². The van der Waals surface area contributed by atoms with Crippen molar-refractivity contribution in [1.29, 1.82) is 0 Å². The second-order valence-electron chi connectivity index (χ2n) is 22.8. The van der Waals surface area contributed by atoms with Crippen molar-refractivity contribution in [3.8, 4) is 0 Å². The lowest BCUT2D eigenvalue weighted by Gasteiger charge is -2.15. The zero-order chi connectivity index (χ0) is 66.1. The number of unbranched alkanes of at least 4 members (excludes halogenated alkanes) is 13. The van der Waals surface area contributed by atoms with Crippen LogP contribution in [0.2, 0.25) is 0 Å². The Bertz CT molecular complexity index is 2310. The SMILES string of the molecule is CC/C=C\C/C=C\C/C=C\C/C=C\C/C=C\C/C=C\C/C=C\C/C=C\C/C=C\C/C=C\C/C=C\CCCCCCCCCC(=O)OC(CO)COC(=O)CCCCCCCC/C=C\C/C=C\C/C=C\C/C=C\C/C=C\C/C=C\C/C=C\C/C=C\C/C=C\C/C=C\CC. The molecule has 0 aromatic carbocycles. The Balaban J connectivity index is 3.68. The number of carbonyl (C=O) groups is 2. The van der Waals surface area contributed by atoms with Gasteiger partial charge in [-0.25, -0.2) is 0 Å². The summed E-state index contributed by atoms with van der Waals surface area (Å²) in [5.74, 6) is -0.639. The van der Waals surface area contributed by atoms with Gasteiger partial charge in [-0.15, -0.1) is 0 Å². The van der Waals surface area contributed by atoms with Crippen LogP contribution in [0, 0.1) is 0 Å². The first-order valence-corrected chi connectivity index (χ1v) is 36.2. The van der Waals surface area contributed by atoms with E-state index in [2.05, 4.69) is 269 Å². The lowest BCUT2D eigenvalue weighted by atomic mass is 10.1. The van der Waals surface area contributed by atoms with Crippen LogP contribution in [0.15, 0.2) is 255 Å². The molecule has 1 atom stereocenters. The van der Waals surface area contributed by atoms with E-state index < -0.39 is 6.10 Å². The third kappa shape index (κ3) is 75.9. The average Bonchev–Trinajstić information content (AvgIpc) is 3.64. The normalized spacial score (nSPS) is 13.8. The van der Waals surface area contributed by atoms with E-state index in [0.29, 0.717) is 12.8 Å². The van der Waals surface area contributed by atoms with E-state index in [1.807, 2.05) is 0 Å². The minimum atomic E-state index is -0.807. The van der Waals surface area contributed by atoms with Crippen LogP contribution in [0.1, 0.15) is 258 Å². The number of aliphatic hydroxyl groups excluding tert-OH is 1. The van der Waals surface area contributed by atoms with E-state index in [4.69, 9.17) is 9.47 Å². The summed E-state index contributed by atoms with van der Waals surface area (Å²) >= 11 is 0. The van der Waals surface area contributed by atoms with Crippen molar-refractivity contribution in [1.82, 2.24) is 0 Å². The van der Waals surface area contributed by atoms with Crippen molar-refractivity contribution in [3.05, 3.63) is 255 Å². The molecule has 0 rings (SSSR count). The van der Waals surface area contributed by atoms with Crippen LogP contribution in [0.4, 0.5) is 0 Å². The molecule has 0 heterocycles. The highest BCUT2D eigenvalue weighted by molar-refractivity contribution is 5.70. The van der Waals surface area contributed by atoms with Gasteiger partial charge < -0.3 is 14.6 Å². The molecule has 1 N–H and O–H groups in total. The van der Waals surface area contributed by atoms with Crippen molar-refractivity contribution < 1.29 is 24.2 Å². The molecule has 1 unspecified atom stereocenters. The van der Waals surface area contributed by atoms with Gasteiger partial charge in [-0.2, -0.15) is 0 Å². The number of hydrogen-bond acceptors (Lipinski definition) is 5. The molecule has 508 valence electrons. The Labute approximate surface area is 565 Å². The van der Waals surface area contributed by atoms with Gasteiger partial charge in [0, 0.05) is 12.8 Å². The molecule has 92 heavy (non-hydrogen) atoms. The van der Waals surface area contributed by atoms with Gasteiger partial charge in [0.1, 0.15) is 6.61 Å². The van der Waals surface area contributed by atoms with Crippen LogP contribution in [-0.4, -0.2) is 36.4 Å². The fourth-order valence-corrected chi connectivity index (χ4v) is 9.00. The number of rotatable bonds is 63. The molecular weight excluding hydrogens is 1120 g/mol. The Hall–Kier alpha value is -6.56. The highest BCUT2D eigenvalue weighted by atomic mass is 16.6. The van der Waals surface area contributed by atoms with Crippen molar-refractivity contribution in [2.45, 2.75) is 264 Å². The fourth-order valence-electron chi connectivity index (χ4n) is 9.00. The van der Waals surface area contributed by atoms with Crippen LogP contribution < -0.4 is 0 Å². The van der Waals surface area contributed by atoms with Crippen LogP contribution in [0.3, 0.4) is 0 Å². The van der Waals surface area contributed by atoms with E-state index in [1.165, 1.54) is 44.9 Å². The summed E-state index contributed by atoms with van der Waals surface area (Å²) in [6.07, 6.45) is 131. The summed E-state index contributed by atoms with van der Waals surface area (Å²) in [5, 5.41) is 9.71. The lowest BCUT2D eigenvalue weighted by Crippen LogP contribution is -2.28. The Morgan fingerprint density at radius 3 is 0.652 bits per heavy atom. The zero-order valence-electron chi connectivity index (χ0n) is 58.2. The number of ether oxygens (including phenoxy) is 2. The highest BCUT2D eigenvalue weighted by Gasteiger charge is 2.16. The molecule has 0 saturated heterocycles. The molecule has 0 aromatic rings. The molecule has 0 radical (unpaired) electrons. The quantitative estimate of drug-likeness (QED) is 0.0373. The number of esters is 2. The first-order valence-electron chi connectivity index (χ1n) is 36.2. The maximum absolute atomic E-state index is 12.4. The Morgan fingerprint density at radius 1 is 0.250 bits per heavy atom. The van der Waals surface area contributed by atoms with Crippen molar-refractivity contribution in [3.63, 3.8) is 0 Å². The molecular formula is C87H130O5. The van der Waals surface area contributed by atoms with E-state index in [-0.39, 0.29) is 25.2 Å². The summed E-state index contributed by atoms with van der Waals surface area (Å²) in [6.45, 7) is 3.87. The van der Waals surface area contributed by atoms with Gasteiger partial charge in [-0.3, -0.25) is 9.59 Å². The van der Waals surface area contributed by atoms with Crippen LogP contribution in [0.5, 0.6) is 0 Å². The maximum atomic E-state index is 12.4. The second kappa shape index (κ2) is 78.7. The fraction of sp³-hybridized carbons (Fsp3) is 0.494. The summed E-state index contributed by atoms with van der Waals surface area (Å²) in [5.41, 5.74) is 0. The van der Waals surface area contributed by atoms with Crippen molar-refractivity contribution >= 4 is 11.9 Å². The molecule has 0 amide bonds. The number of hydrogen-bond donors (Lipinski definition) is 1. The summed E-state index contributed by atoms with van der Waals surface area (Å²) in [7, 11) is 0. The van der Waals surface area contributed by atoms with Crippen LogP contribution >= 0.6 is 0 Å². The minimum absolute atomic E-state index is 0.0954. The average molecular weight is 1260 g/mol. The standard InChI is InChI=1S/C87H130O5/c1-3-5-7-9-11-13-15-17-19-21-23-25-27-29-31-33-35-37-39-41-42-43-44-46-48-50-52-54-56-58-60-62-64-66-68-70-72-74-76-78-80-82-87(90)92-85(83-88)84-91-86(89)81-79-77-75-73-71-69-67-65-63-61-59-57-55-53-51-49-47-45-40-38-36-34-32-30-28-26-24-22-20-18-16-14-12-10-8-6-4-2/h5-8,11-14,17-20,23-26,29-32,35-38,41-42,44-47,50-53,56-59,62-65,85,88H,3-4,9-10,15-16,21-22,27-28,33-34,39-40,43,48-49,54-55,60-61,66-84H2,1-2H3/b7-5-,8-6-,13-11-,14-12-,19-17-,20-18-,25-23-,26-24-,31-29-,32-30-,37-35-,38-36-,42-41-,46-44-,47-45-,52-50-,53-51-,58-56-,59-57-,64-62-,65-63-. The van der Waals surface area contributed by atoms with Gasteiger partial charge in [-0.05, 0) is 173 Å². The highest BCUT2D eigenvalue weighted by Crippen LogP contribution is 2.13. The topological polar surface area (TPSA) is 72.8 Å². The Kier molecular flexibility index (Phi) is 73.1. The monoisotopic (exact) mass is 1250 g/mol. The van der Waals surface area contributed by atoms with Gasteiger partial charge in [-0.1, -0.05) is 327 Å². The Morgan fingerprint density at radius 2 is 0.435 bits per heavy atom. The molecule has 0 aliphatic rings. The van der Waals surface area contributed by atoms with Gasteiger partial charge >= 0.3 is 11.9 Å². The van der Waals surface area contributed by atoms with Crippen molar-refractivity contribution in [2.75, 3.05) is 13.2 Å². The molecule has 0 aliphatic carbocycles. The van der Waals surface area contributed by atoms with Gasteiger partial charge in [0.2, 0.25) is 0 Å². The third-order valence-corrected chi connectivity index (χ3v) is 14.3.